The Morgan fingerprint density at radius 2 is 1.47 bits per heavy atom. The van der Waals surface area contributed by atoms with Gasteiger partial charge in [0.15, 0.2) is 0 Å². The molecule has 0 radical (unpaired) electrons. The molecule has 0 saturated carbocycles. The van der Waals surface area contributed by atoms with Crippen molar-refractivity contribution in [3.8, 4) is 0 Å². The first-order chi connectivity index (χ1) is 6.79. The van der Waals surface area contributed by atoms with Crippen LogP contribution in [0.3, 0.4) is 0 Å². The predicted octanol–water partition coefficient (Wildman–Crippen LogP) is 3.59. The van der Waals surface area contributed by atoms with Gasteiger partial charge in [-0.15, -0.1) is 0 Å². The zero-order valence-corrected chi connectivity index (χ0v) is 15.7. The maximum absolute atomic E-state index is 2.96. The Bertz CT molecular complexity index is 303. The van der Waals surface area contributed by atoms with E-state index in [1.807, 2.05) is 42.5 Å². The Morgan fingerprint density at radius 3 is 1.73 bits per heavy atom. The van der Waals surface area contributed by atoms with Crippen LogP contribution in [0, 0.1) is 26.0 Å². The van der Waals surface area contributed by atoms with Gasteiger partial charge in [0.2, 0.25) is 0 Å². The van der Waals surface area contributed by atoms with Gasteiger partial charge in [0.1, 0.15) is 0 Å². The standard InChI is InChI=1S/2C7H7.Rf/c2*1-7-5-3-2-4-6-7;/h3-6H,1H3;2-3,5-6H,1H3;/q2*-1;. The van der Waals surface area contributed by atoms with Crippen molar-refractivity contribution in [2.75, 3.05) is 0 Å². The summed E-state index contributed by atoms with van der Waals surface area (Å²) in [5.41, 5.74) is 2.56. The smallest absolute Gasteiger partial charge is 0 e. The van der Waals surface area contributed by atoms with Crippen molar-refractivity contribution < 1.29 is 0 Å². The van der Waals surface area contributed by atoms with Crippen LogP contribution < -0.4 is 0 Å². The number of hydrogen-bond donors (Lipinski definition) is 0. The average molecular weight is 449 g/mol. The first kappa shape index (κ1) is 12.4. The summed E-state index contributed by atoms with van der Waals surface area (Å²) < 4.78 is 0. The van der Waals surface area contributed by atoms with Gasteiger partial charge in [-0.1, -0.05) is 13.8 Å². The van der Waals surface area contributed by atoms with E-state index in [1.54, 1.807) is 0 Å². The molecule has 0 aliphatic heterocycles. The number of aryl methyl sites for hydroxylation is 2. The molecule has 0 nitrogen and oxygen atoms in total. The van der Waals surface area contributed by atoms with Crippen LogP contribution in [0.15, 0.2) is 48.5 Å². The molecule has 0 fully saturated rings. The van der Waals surface area contributed by atoms with Gasteiger partial charge >= 0.3 is 0 Å². The maximum atomic E-state index is 2.96. The van der Waals surface area contributed by atoms with Crippen molar-refractivity contribution in [3.05, 3.63) is 71.8 Å². The van der Waals surface area contributed by atoms with Crippen molar-refractivity contribution in [1.29, 1.82) is 0 Å². The zero-order valence-electron chi connectivity index (χ0n) is 9.33. The fourth-order valence-electron chi connectivity index (χ4n) is 0.953. The summed E-state index contributed by atoms with van der Waals surface area (Å²) in [5.74, 6) is 0. The van der Waals surface area contributed by atoms with Crippen LogP contribution in [-0.2, 0) is 0 Å². The number of hydrogen-bond acceptors (Lipinski definition) is 0. The van der Waals surface area contributed by atoms with Crippen molar-refractivity contribution in [1.82, 2.24) is 0 Å². The van der Waals surface area contributed by atoms with Gasteiger partial charge in [-0.05, 0) is 0 Å². The Morgan fingerprint density at radius 1 is 0.800 bits per heavy atom. The summed E-state index contributed by atoms with van der Waals surface area (Å²) in [6.45, 7) is 4.12. The van der Waals surface area contributed by atoms with Crippen LogP contribution in [0.25, 0.3) is 0 Å². The molecule has 15 heavy (non-hydrogen) atoms. The van der Waals surface area contributed by atoms with Crippen LogP contribution in [0.4, 0.5) is 0 Å². The molecule has 0 saturated heterocycles. The zero-order chi connectivity index (χ0) is 10.2. The Kier molecular flexibility index (Phi) is 5.72. The summed E-state index contributed by atoms with van der Waals surface area (Å²) in [7, 11) is 0. The molecule has 2 aromatic rings. The van der Waals surface area contributed by atoms with Crippen LogP contribution in [0.5, 0.6) is 0 Å². The Balaban J connectivity index is 0.000000245. The summed E-state index contributed by atoms with van der Waals surface area (Å²) in [6.07, 6.45) is 0. The Hall–Kier alpha value is -2.56. The molecule has 0 aliphatic carbocycles. The quantitative estimate of drug-likeness (QED) is 0.540. The van der Waals surface area contributed by atoms with E-state index in [0.717, 1.165) is 0 Å². The van der Waals surface area contributed by atoms with Gasteiger partial charge in [0.25, 0.3) is 0 Å². The van der Waals surface area contributed by atoms with E-state index in [2.05, 4.69) is 32.0 Å². The maximum Gasteiger partial charge on any atom is 0 e. The van der Waals surface area contributed by atoms with Crippen LogP contribution in [0.2, 0.25) is 0 Å². The van der Waals surface area contributed by atoms with Crippen molar-refractivity contribution in [2.45, 2.75) is 13.8 Å². The second-order valence-electron chi connectivity index (χ2n) is 3.16. The summed E-state index contributed by atoms with van der Waals surface area (Å²) in [5, 5.41) is 0. The molecule has 2 rings (SSSR count). The minimum absolute atomic E-state index is 0. The van der Waals surface area contributed by atoms with Crippen molar-refractivity contribution in [3.63, 3.8) is 0 Å². The molecule has 1 heteroatoms. The molecular weight excluding hydrogens is 435 g/mol. The van der Waals surface area contributed by atoms with E-state index in [9.17, 15) is 0 Å². The monoisotopic (exact) mass is 449 g/mol. The minimum atomic E-state index is 0. The van der Waals surface area contributed by atoms with E-state index in [1.165, 1.54) is 11.1 Å². The van der Waals surface area contributed by atoms with Gasteiger partial charge < -0.3 is 0 Å². The van der Waals surface area contributed by atoms with Gasteiger partial charge in [-0.3, -0.25) is 0 Å². The van der Waals surface area contributed by atoms with Crippen LogP contribution in [0.1, 0.15) is 11.1 Å². The normalized spacial score (nSPS) is 8.13. The number of rotatable bonds is 0. The van der Waals surface area contributed by atoms with Gasteiger partial charge in [-0.2, -0.15) is 71.8 Å². The molecule has 0 aliphatic rings. The van der Waals surface area contributed by atoms with Crippen molar-refractivity contribution in [2.24, 2.45) is 0 Å². The van der Waals surface area contributed by atoms with E-state index < -0.39 is 0 Å². The molecule has 0 amide bonds. The first-order valence-corrected chi connectivity index (χ1v) is 4.64. The van der Waals surface area contributed by atoms with Crippen molar-refractivity contribution >= 4 is 0 Å². The third-order valence-corrected chi connectivity index (χ3v) is 1.75. The fourth-order valence-corrected chi connectivity index (χ4v) is 0.953. The third-order valence-electron chi connectivity index (χ3n) is 1.75. The molecular formula is C14H14Rf-2. The largest absolute Gasteiger partial charge is 0.184 e. The average Bonchev–Trinajstić information content (AvgIpc) is 2.21. The van der Waals surface area contributed by atoms with Gasteiger partial charge in [0, 0.05) is 0 Å². The minimum Gasteiger partial charge on any atom is -0.184 e. The summed E-state index contributed by atoms with van der Waals surface area (Å²) in [6, 6.07) is 21.7. The van der Waals surface area contributed by atoms with Crippen LogP contribution in [-0.4, -0.2) is 0 Å². The molecule has 0 spiro atoms. The second kappa shape index (κ2) is 6.90. The van der Waals surface area contributed by atoms with E-state index >= 15 is 0 Å². The SMILES string of the molecule is Cc1c[c-]ccc1.Cc1cc[c-]cc1.[Rf]. The summed E-state index contributed by atoms with van der Waals surface area (Å²) >= 11 is 0. The molecule has 0 aromatic heterocycles. The second-order valence-corrected chi connectivity index (χ2v) is 3.16. The third kappa shape index (κ3) is 5.64. The fraction of sp³-hybridized carbons (Fsp3) is 0.143. The van der Waals surface area contributed by atoms with Gasteiger partial charge in [0.05, 0.1) is 0 Å². The van der Waals surface area contributed by atoms with Gasteiger partial charge in [-0.25, -0.2) is 0 Å². The molecule has 0 bridgehead atoms. The topological polar surface area (TPSA) is 0 Å². The Labute approximate surface area is 86.2 Å². The molecule has 2 aromatic carbocycles. The molecule has 0 heterocycles. The molecule has 0 N–H and O–H groups in total. The predicted molar refractivity (Wildman–Crippen MR) is 60.0 cm³/mol. The first-order valence-electron chi connectivity index (χ1n) is 4.64. The molecule has 0 atom stereocenters. The van der Waals surface area contributed by atoms with E-state index in [4.69, 9.17) is 0 Å². The number of benzene rings is 2. The van der Waals surface area contributed by atoms with Crippen LogP contribution >= 0.6 is 0 Å². The van der Waals surface area contributed by atoms with E-state index in [-0.39, 0.29) is 0 Å². The molecule has 0 unspecified atom stereocenters. The summed E-state index contributed by atoms with van der Waals surface area (Å²) in [4.78, 5) is 0. The molecule has 74 valence electrons. The van der Waals surface area contributed by atoms with E-state index in [0.29, 0.717) is 0 Å².